The maximum atomic E-state index is 10.4. The molecule has 0 N–H and O–H groups in total. The van der Waals surface area contributed by atoms with Gasteiger partial charge in [-0.1, -0.05) is 12.6 Å². The van der Waals surface area contributed by atoms with E-state index in [1.165, 1.54) is 6.92 Å². The Labute approximate surface area is 93.9 Å². The predicted molar refractivity (Wildman–Crippen MR) is 42.0 cm³/mol. The Morgan fingerprint density at radius 3 is 2.83 bits per heavy atom. The van der Waals surface area contributed by atoms with E-state index < -0.39 is 0 Å². The van der Waals surface area contributed by atoms with Gasteiger partial charge in [-0.3, -0.25) is 4.98 Å². The van der Waals surface area contributed by atoms with Crippen LogP contribution in [0.4, 0.5) is 0 Å². The number of pyridine rings is 1. The second-order valence-corrected chi connectivity index (χ2v) is 2.16. The molecule has 1 amide bonds. The third kappa shape index (κ3) is 4.49. The predicted octanol–water partition coefficient (Wildman–Crippen LogP) is -1.49. The summed E-state index contributed by atoms with van der Waals surface area (Å²) < 4.78 is 0. The summed E-state index contributed by atoms with van der Waals surface area (Å²) in [5, 5.41) is 3.69. The van der Waals surface area contributed by atoms with Crippen molar-refractivity contribution in [3.05, 3.63) is 35.4 Å². The molecule has 0 aliphatic rings. The number of aromatic nitrogens is 1. The van der Waals surface area contributed by atoms with Gasteiger partial charge >= 0.3 is 29.6 Å². The van der Waals surface area contributed by atoms with E-state index in [0.717, 1.165) is 5.69 Å². The van der Waals surface area contributed by atoms with E-state index in [-0.39, 0.29) is 35.5 Å². The van der Waals surface area contributed by atoms with E-state index >= 15 is 0 Å². The van der Waals surface area contributed by atoms with Crippen molar-refractivity contribution in [1.29, 1.82) is 0 Å². The molecule has 0 radical (unpaired) electrons. The molecular weight excluding hydrogens is 163 g/mol. The maximum absolute atomic E-state index is 10.4. The van der Waals surface area contributed by atoms with Crippen molar-refractivity contribution in [3.8, 4) is 0 Å². The Bertz CT molecular complexity index is 238. The topological polar surface area (TPSA) is 44.1 Å². The molecule has 0 bridgehead atoms. The molecule has 0 atom stereocenters. The van der Waals surface area contributed by atoms with E-state index in [4.69, 9.17) is 0 Å². The average Bonchev–Trinajstić information content (AvgIpc) is 2.03. The van der Waals surface area contributed by atoms with Crippen molar-refractivity contribution in [3.63, 3.8) is 0 Å². The summed E-state index contributed by atoms with van der Waals surface area (Å²) in [4.78, 5) is 14.4. The third-order valence-electron chi connectivity index (χ3n) is 1.19. The van der Waals surface area contributed by atoms with Gasteiger partial charge in [-0.25, -0.2) is 0 Å². The van der Waals surface area contributed by atoms with Crippen molar-refractivity contribution in [1.82, 2.24) is 4.98 Å². The molecule has 3 nitrogen and oxygen atoms in total. The van der Waals surface area contributed by atoms with Gasteiger partial charge in [-0.05, 0) is 19.1 Å². The molecule has 1 heterocycles. The van der Waals surface area contributed by atoms with Crippen LogP contribution in [0.2, 0.25) is 0 Å². The van der Waals surface area contributed by atoms with Crippen molar-refractivity contribution in [2.24, 2.45) is 0 Å². The van der Waals surface area contributed by atoms with E-state index in [1.807, 2.05) is 18.2 Å². The molecule has 0 aliphatic carbocycles. The molecule has 1 aromatic rings. The molecule has 0 aromatic carbocycles. The number of rotatable bonds is 2. The third-order valence-corrected chi connectivity index (χ3v) is 1.19. The second kappa shape index (κ2) is 6.17. The van der Waals surface area contributed by atoms with Gasteiger partial charge in [0.1, 0.15) is 0 Å². The minimum atomic E-state index is -0.157. The van der Waals surface area contributed by atoms with Crippen LogP contribution in [0.1, 0.15) is 12.6 Å². The van der Waals surface area contributed by atoms with Crippen LogP contribution in [0.15, 0.2) is 24.4 Å². The number of carbonyl (C=O) groups excluding carboxylic acids is 1. The number of amides is 1. The number of hydrogen-bond donors (Lipinski definition) is 0. The second-order valence-electron chi connectivity index (χ2n) is 2.16. The monoisotopic (exact) mass is 172 g/mol. The van der Waals surface area contributed by atoms with Crippen LogP contribution in [0.5, 0.6) is 0 Å². The van der Waals surface area contributed by atoms with Gasteiger partial charge in [0.15, 0.2) is 0 Å². The number of hydrogen-bond acceptors (Lipinski definition) is 2. The first-order valence-corrected chi connectivity index (χ1v) is 3.37. The molecule has 0 fully saturated rings. The molecule has 4 heteroatoms. The summed E-state index contributed by atoms with van der Waals surface area (Å²) in [6.07, 6.45) is 1.69. The van der Waals surface area contributed by atoms with Crippen LogP contribution < -0.4 is 29.6 Å². The minimum Gasteiger partial charge on any atom is -0.649 e. The summed E-state index contributed by atoms with van der Waals surface area (Å²) in [5.41, 5.74) is 0.822. The fraction of sp³-hybridized carbons (Fsp3) is 0.250. The Hall–Kier alpha value is -0.380. The van der Waals surface area contributed by atoms with Gasteiger partial charge in [0.05, 0.1) is 0 Å². The molecular formula is C8H9N2NaO. The van der Waals surface area contributed by atoms with E-state index in [2.05, 4.69) is 10.3 Å². The van der Waals surface area contributed by atoms with Crippen LogP contribution in [-0.2, 0) is 11.3 Å². The maximum Gasteiger partial charge on any atom is 1.00 e. The molecule has 12 heavy (non-hydrogen) atoms. The Kier molecular flexibility index (Phi) is 5.98. The Morgan fingerprint density at radius 1 is 1.58 bits per heavy atom. The zero-order chi connectivity index (χ0) is 8.10. The van der Waals surface area contributed by atoms with Crippen molar-refractivity contribution in [2.45, 2.75) is 13.5 Å². The average molecular weight is 172 g/mol. The van der Waals surface area contributed by atoms with E-state index in [1.54, 1.807) is 6.20 Å². The van der Waals surface area contributed by atoms with Gasteiger partial charge in [0, 0.05) is 17.8 Å². The number of nitrogens with zero attached hydrogens (tertiary/aromatic N) is 2. The molecule has 0 saturated heterocycles. The minimum absolute atomic E-state index is 0. The zero-order valence-corrected chi connectivity index (χ0v) is 9.32. The SMILES string of the molecule is CC(=O)[N-]Cc1ccccn1.[Na+]. The van der Waals surface area contributed by atoms with Crippen LogP contribution in [0.3, 0.4) is 0 Å². The van der Waals surface area contributed by atoms with Crippen molar-refractivity contribution >= 4 is 5.91 Å². The fourth-order valence-corrected chi connectivity index (χ4v) is 0.684. The summed E-state index contributed by atoms with van der Waals surface area (Å²) in [5.74, 6) is -0.157. The molecule has 0 saturated carbocycles. The van der Waals surface area contributed by atoms with Gasteiger partial charge in [-0.15, -0.1) is 0 Å². The summed E-state index contributed by atoms with van der Waals surface area (Å²) in [6.45, 7) is 1.82. The zero-order valence-electron chi connectivity index (χ0n) is 7.32. The van der Waals surface area contributed by atoms with Crippen molar-refractivity contribution in [2.75, 3.05) is 0 Å². The Balaban J connectivity index is 0.00000121. The largest absolute Gasteiger partial charge is 1.00 e. The standard InChI is InChI=1S/C8H10N2O.Na/c1-7(11)10-6-8-4-2-3-5-9-8;/h2-5H,6H2,1H3,(H,10,11);/q;+1/p-1. The van der Waals surface area contributed by atoms with Crippen LogP contribution >= 0.6 is 0 Å². The first-order valence-electron chi connectivity index (χ1n) is 3.37. The van der Waals surface area contributed by atoms with Crippen molar-refractivity contribution < 1.29 is 34.4 Å². The first kappa shape index (κ1) is 11.6. The molecule has 1 aromatic heterocycles. The van der Waals surface area contributed by atoms with Crippen LogP contribution in [0, 0.1) is 0 Å². The van der Waals surface area contributed by atoms with Gasteiger partial charge in [0.25, 0.3) is 0 Å². The van der Waals surface area contributed by atoms with Gasteiger partial charge in [-0.2, -0.15) is 0 Å². The van der Waals surface area contributed by atoms with E-state index in [9.17, 15) is 4.79 Å². The van der Waals surface area contributed by atoms with E-state index in [0.29, 0.717) is 6.54 Å². The first-order chi connectivity index (χ1) is 5.29. The summed E-state index contributed by atoms with van der Waals surface area (Å²) in [7, 11) is 0. The van der Waals surface area contributed by atoms with Gasteiger partial charge in [0.2, 0.25) is 0 Å². The molecule has 58 valence electrons. The molecule has 0 unspecified atom stereocenters. The fourth-order valence-electron chi connectivity index (χ4n) is 0.684. The molecule has 1 rings (SSSR count). The summed E-state index contributed by atoms with van der Waals surface area (Å²) in [6, 6.07) is 5.54. The Morgan fingerprint density at radius 2 is 2.33 bits per heavy atom. The molecule has 0 spiro atoms. The van der Waals surface area contributed by atoms with Crippen LogP contribution in [-0.4, -0.2) is 10.9 Å². The normalized spacial score (nSPS) is 8.42. The van der Waals surface area contributed by atoms with Gasteiger partial charge < -0.3 is 10.1 Å². The smallest absolute Gasteiger partial charge is 0.649 e. The van der Waals surface area contributed by atoms with Crippen LogP contribution in [0.25, 0.3) is 5.32 Å². The summed E-state index contributed by atoms with van der Waals surface area (Å²) >= 11 is 0. The molecule has 0 aliphatic heterocycles. The quantitative estimate of drug-likeness (QED) is 0.510. The number of carbonyl (C=O) groups is 1.